The number of amides is 1. The molecule has 3 rings (SSSR count). The molecule has 1 aliphatic heterocycles. The zero-order valence-electron chi connectivity index (χ0n) is 15.7. The van der Waals surface area contributed by atoms with E-state index in [2.05, 4.69) is 4.90 Å². The van der Waals surface area contributed by atoms with Crippen molar-refractivity contribution in [1.82, 2.24) is 4.90 Å². The van der Waals surface area contributed by atoms with Crippen molar-refractivity contribution in [3.8, 4) is 5.75 Å². The summed E-state index contributed by atoms with van der Waals surface area (Å²) in [5.41, 5.74) is 2.77. The summed E-state index contributed by atoms with van der Waals surface area (Å²) in [5.74, 6) is 0.893. The number of ether oxygens (including phenoxy) is 1. The highest BCUT2D eigenvalue weighted by atomic mass is 16.5. The Hall–Kier alpha value is -3.08. The zero-order valence-corrected chi connectivity index (χ0v) is 15.7. The maximum absolute atomic E-state index is 12.4. The highest BCUT2D eigenvalue weighted by molar-refractivity contribution is 5.94. The summed E-state index contributed by atoms with van der Waals surface area (Å²) in [6, 6.07) is 15.2. The van der Waals surface area contributed by atoms with Gasteiger partial charge in [-0.25, -0.2) is 0 Å². The molecule has 1 amide bonds. The van der Waals surface area contributed by atoms with Gasteiger partial charge in [0.05, 0.1) is 7.11 Å². The number of anilines is 1. The lowest BCUT2D eigenvalue weighted by atomic mass is 10.1. The number of methoxy groups -OCH3 is 1. The van der Waals surface area contributed by atoms with Crippen LogP contribution in [0.4, 0.5) is 5.69 Å². The molecule has 1 fully saturated rings. The Labute approximate surface area is 159 Å². The first kappa shape index (κ1) is 18.7. The topological polar surface area (TPSA) is 49.9 Å². The monoisotopic (exact) mass is 364 g/mol. The number of benzene rings is 2. The molecule has 0 aromatic heterocycles. The average Bonchev–Trinajstić information content (AvgIpc) is 2.72. The molecular formula is C22H24N2O3. The fourth-order valence-corrected chi connectivity index (χ4v) is 3.08. The maximum Gasteiger partial charge on any atom is 0.246 e. The number of ketones is 1. The highest BCUT2D eigenvalue weighted by Gasteiger charge is 2.19. The van der Waals surface area contributed by atoms with Crippen molar-refractivity contribution in [2.24, 2.45) is 0 Å². The van der Waals surface area contributed by atoms with E-state index in [4.69, 9.17) is 4.74 Å². The van der Waals surface area contributed by atoms with Gasteiger partial charge in [-0.05, 0) is 55.0 Å². The number of hydrogen-bond donors (Lipinski definition) is 0. The number of hydrogen-bond acceptors (Lipinski definition) is 4. The molecule has 2 aromatic rings. The fourth-order valence-electron chi connectivity index (χ4n) is 3.08. The Bertz CT molecular complexity index is 818. The second kappa shape index (κ2) is 8.54. The van der Waals surface area contributed by atoms with Crippen LogP contribution >= 0.6 is 0 Å². The van der Waals surface area contributed by atoms with Gasteiger partial charge in [0.15, 0.2) is 5.78 Å². The molecule has 0 atom stereocenters. The van der Waals surface area contributed by atoms with Crippen LogP contribution < -0.4 is 9.64 Å². The van der Waals surface area contributed by atoms with E-state index in [9.17, 15) is 9.59 Å². The van der Waals surface area contributed by atoms with Crippen LogP contribution in [0.2, 0.25) is 0 Å². The average molecular weight is 364 g/mol. The van der Waals surface area contributed by atoms with E-state index < -0.39 is 0 Å². The molecule has 0 saturated carbocycles. The van der Waals surface area contributed by atoms with Crippen molar-refractivity contribution >= 4 is 23.5 Å². The second-order valence-electron chi connectivity index (χ2n) is 6.52. The molecule has 0 N–H and O–H groups in total. The van der Waals surface area contributed by atoms with Crippen LogP contribution in [0.1, 0.15) is 22.8 Å². The van der Waals surface area contributed by atoms with E-state index in [1.165, 1.54) is 0 Å². The minimum Gasteiger partial charge on any atom is -0.497 e. The highest BCUT2D eigenvalue weighted by Crippen LogP contribution is 2.18. The number of carbonyl (C=O) groups excluding carboxylic acids is 2. The van der Waals surface area contributed by atoms with Gasteiger partial charge in [0.25, 0.3) is 0 Å². The molecule has 1 saturated heterocycles. The first-order valence-corrected chi connectivity index (χ1v) is 9.04. The van der Waals surface area contributed by atoms with E-state index in [1.807, 2.05) is 59.5 Å². The van der Waals surface area contributed by atoms with Gasteiger partial charge in [-0.2, -0.15) is 0 Å². The van der Waals surface area contributed by atoms with E-state index in [0.717, 1.165) is 35.7 Å². The third kappa shape index (κ3) is 4.76. The third-order valence-electron chi connectivity index (χ3n) is 4.76. The quantitative estimate of drug-likeness (QED) is 0.604. The lowest BCUT2D eigenvalue weighted by Gasteiger charge is -2.35. The summed E-state index contributed by atoms with van der Waals surface area (Å²) in [6.45, 7) is 4.49. The first-order chi connectivity index (χ1) is 13.1. The van der Waals surface area contributed by atoms with Crippen LogP contribution in [0.3, 0.4) is 0 Å². The first-order valence-electron chi connectivity index (χ1n) is 9.04. The van der Waals surface area contributed by atoms with Crippen LogP contribution in [-0.4, -0.2) is 49.9 Å². The van der Waals surface area contributed by atoms with Crippen molar-refractivity contribution in [3.63, 3.8) is 0 Å². The van der Waals surface area contributed by atoms with E-state index in [0.29, 0.717) is 13.1 Å². The zero-order chi connectivity index (χ0) is 19.2. The molecule has 27 heavy (non-hydrogen) atoms. The summed E-state index contributed by atoms with van der Waals surface area (Å²) < 4.78 is 5.13. The van der Waals surface area contributed by atoms with Gasteiger partial charge in [0.2, 0.25) is 5.91 Å². The van der Waals surface area contributed by atoms with E-state index in [-0.39, 0.29) is 11.7 Å². The minimum atomic E-state index is 0.0254. The molecule has 2 aromatic carbocycles. The lowest BCUT2D eigenvalue weighted by Crippen LogP contribution is -2.48. The van der Waals surface area contributed by atoms with Gasteiger partial charge in [-0.3, -0.25) is 9.59 Å². The van der Waals surface area contributed by atoms with E-state index in [1.54, 1.807) is 20.1 Å². The summed E-state index contributed by atoms with van der Waals surface area (Å²) >= 11 is 0. The predicted molar refractivity (Wildman–Crippen MR) is 107 cm³/mol. The number of rotatable bonds is 5. The van der Waals surface area contributed by atoms with Gasteiger partial charge in [-0.1, -0.05) is 12.1 Å². The molecule has 0 spiro atoms. The van der Waals surface area contributed by atoms with Crippen LogP contribution in [-0.2, 0) is 4.79 Å². The smallest absolute Gasteiger partial charge is 0.246 e. The molecule has 0 aliphatic carbocycles. The van der Waals surface area contributed by atoms with Gasteiger partial charge in [-0.15, -0.1) is 0 Å². The SMILES string of the molecule is COc1ccc(C=CC(=O)N2CCN(c3ccc(C(C)=O)cc3)CC2)cc1. The van der Waals surface area contributed by atoms with Crippen LogP contribution in [0, 0.1) is 0 Å². The summed E-state index contributed by atoms with van der Waals surface area (Å²) in [5, 5.41) is 0. The van der Waals surface area contributed by atoms with Crippen LogP contribution in [0.25, 0.3) is 6.08 Å². The van der Waals surface area contributed by atoms with Crippen LogP contribution in [0.15, 0.2) is 54.6 Å². The number of Topliss-reactive ketones (excluding diaryl/α,β-unsaturated/α-hetero) is 1. The normalized spacial score (nSPS) is 14.4. The number of nitrogens with zero attached hydrogens (tertiary/aromatic N) is 2. The standard InChI is InChI=1S/C22H24N2O3/c1-17(25)19-6-8-20(9-7-19)23-13-15-24(16-14-23)22(26)12-5-18-3-10-21(27-2)11-4-18/h3-12H,13-16H2,1-2H3. The Morgan fingerprint density at radius 2 is 1.56 bits per heavy atom. The van der Waals surface area contributed by atoms with Gasteiger partial charge in [0, 0.05) is 43.5 Å². The van der Waals surface area contributed by atoms with Crippen molar-refractivity contribution in [1.29, 1.82) is 0 Å². The summed E-state index contributed by atoms with van der Waals surface area (Å²) in [6.07, 6.45) is 3.45. The van der Waals surface area contributed by atoms with Crippen molar-refractivity contribution in [2.75, 3.05) is 38.2 Å². The Balaban J connectivity index is 1.54. The van der Waals surface area contributed by atoms with Gasteiger partial charge in [0.1, 0.15) is 5.75 Å². The molecule has 140 valence electrons. The molecule has 5 nitrogen and oxygen atoms in total. The van der Waals surface area contributed by atoms with Crippen molar-refractivity contribution in [3.05, 3.63) is 65.7 Å². The van der Waals surface area contributed by atoms with E-state index >= 15 is 0 Å². The Kier molecular flexibility index (Phi) is 5.91. The largest absolute Gasteiger partial charge is 0.497 e. The van der Waals surface area contributed by atoms with Gasteiger partial charge < -0.3 is 14.5 Å². The van der Waals surface area contributed by atoms with Crippen LogP contribution in [0.5, 0.6) is 5.75 Å². The molecule has 0 bridgehead atoms. The number of piperazine rings is 1. The van der Waals surface area contributed by atoms with Gasteiger partial charge >= 0.3 is 0 Å². The van der Waals surface area contributed by atoms with Crippen molar-refractivity contribution in [2.45, 2.75) is 6.92 Å². The Morgan fingerprint density at radius 1 is 0.926 bits per heavy atom. The molecule has 5 heteroatoms. The number of carbonyl (C=O) groups is 2. The third-order valence-corrected chi connectivity index (χ3v) is 4.76. The van der Waals surface area contributed by atoms with Crippen molar-refractivity contribution < 1.29 is 14.3 Å². The fraction of sp³-hybridized carbons (Fsp3) is 0.273. The molecule has 1 heterocycles. The maximum atomic E-state index is 12.4. The molecular weight excluding hydrogens is 340 g/mol. The summed E-state index contributed by atoms with van der Waals surface area (Å²) in [7, 11) is 1.63. The lowest BCUT2D eigenvalue weighted by molar-refractivity contribution is -0.126. The second-order valence-corrected chi connectivity index (χ2v) is 6.52. The Morgan fingerprint density at radius 3 is 2.11 bits per heavy atom. The summed E-state index contributed by atoms with van der Waals surface area (Å²) in [4.78, 5) is 27.9. The molecule has 0 radical (unpaired) electrons. The molecule has 0 unspecified atom stereocenters. The predicted octanol–water partition coefficient (Wildman–Crippen LogP) is 3.26. The molecule has 1 aliphatic rings. The minimum absolute atomic E-state index is 0.0254.